The first kappa shape index (κ1) is 17.9. The molecule has 0 radical (unpaired) electrons. The van der Waals surface area contributed by atoms with E-state index in [1.807, 2.05) is 30.3 Å². The molecule has 2 N–H and O–H groups in total. The predicted molar refractivity (Wildman–Crippen MR) is 102 cm³/mol. The van der Waals surface area contributed by atoms with E-state index in [1.165, 1.54) is 0 Å². The third kappa shape index (κ3) is 4.38. The van der Waals surface area contributed by atoms with Gasteiger partial charge in [0, 0.05) is 11.4 Å². The number of nitrogens with zero attached hydrogens (tertiary/aromatic N) is 3. The fourth-order valence-electron chi connectivity index (χ4n) is 2.42. The predicted octanol–water partition coefficient (Wildman–Crippen LogP) is 3.66. The van der Waals surface area contributed by atoms with Gasteiger partial charge >= 0.3 is 0 Å². The van der Waals surface area contributed by atoms with E-state index in [2.05, 4.69) is 20.6 Å². The number of ether oxygens (including phenoxy) is 1. The number of methoxy groups -OCH3 is 1. The molecule has 0 unspecified atom stereocenters. The minimum absolute atomic E-state index is 0.200. The van der Waals surface area contributed by atoms with Gasteiger partial charge in [-0.05, 0) is 49.4 Å². The van der Waals surface area contributed by atoms with Crippen LogP contribution in [0.4, 0.5) is 17.3 Å². The van der Waals surface area contributed by atoms with E-state index >= 15 is 0 Å². The molecule has 27 heavy (non-hydrogen) atoms. The SMILES string of the molecule is COc1ccc(Nc2nc(C)cc(C(=O)Nc3ccccc3C#N)n2)cc1. The molecule has 0 aliphatic rings. The first-order valence-corrected chi connectivity index (χ1v) is 8.16. The van der Waals surface area contributed by atoms with Gasteiger partial charge in [0.05, 0.1) is 18.4 Å². The van der Waals surface area contributed by atoms with Gasteiger partial charge in [-0.3, -0.25) is 4.79 Å². The molecule has 0 saturated carbocycles. The number of aryl methyl sites for hydroxylation is 1. The Balaban J connectivity index is 1.81. The Morgan fingerprint density at radius 2 is 1.85 bits per heavy atom. The summed E-state index contributed by atoms with van der Waals surface area (Å²) in [6.07, 6.45) is 0. The van der Waals surface area contributed by atoms with Gasteiger partial charge in [-0.25, -0.2) is 9.97 Å². The highest BCUT2D eigenvalue weighted by atomic mass is 16.5. The molecule has 3 aromatic rings. The smallest absolute Gasteiger partial charge is 0.274 e. The molecule has 0 aliphatic heterocycles. The van der Waals surface area contributed by atoms with Crippen molar-refractivity contribution in [2.45, 2.75) is 6.92 Å². The molecule has 0 atom stereocenters. The molecule has 1 heterocycles. The summed E-state index contributed by atoms with van der Waals surface area (Å²) in [5.41, 5.74) is 2.42. The van der Waals surface area contributed by atoms with Crippen LogP contribution >= 0.6 is 0 Å². The van der Waals surface area contributed by atoms with Crippen molar-refractivity contribution in [2.24, 2.45) is 0 Å². The number of anilines is 3. The zero-order valence-electron chi connectivity index (χ0n) is 14.9. The van der Waals surface area contributed by atoms with Gasteiger partial charge in [-0.1, -0.05) is 12.1 Å². The maximum absolute atomic E-state index is 12.6. The average Bonchev–Trinajstić information content (AvgIpc) is 2.68. The minimum atomic E-state index is -0.416. The van der Waals surface area contributed by atoms with Crippen LogP contribution in [0.5, 0.6) is 5.75 Å². The van der Waals surface area contributed by atoms with Crippen LogP contribution in [0.3, 0.4) is 0 Å². The van der Waals surface area contributed by atoms with Crippen molar-refractivity contribution in [1.29, 1.82) is 5.26 Å². The number of benzene rings is 2. The highest BCUT2D eigenvalue weighted by molar-refractivity contribution is 6.03. The quantitative estimate of drug-likeness (QED) is 0.721. The van der Waals surface area contributed by atoms with Gasteiger partial charge in [0.2, 0.25) is 5.95 Å². The van der Waals surface area contributed by atoms with Crippen LogP contribution < -0.4 is 15.4 Å². The summed E-state index contributed by atoms with van der Waals surface area (Å²) >= 11 is 0. The van der Waals surface area contributed by atoms with E-state index in [9.17, 15) is 4.79 Å². The molecule has 7 heteroatoms. The van der Waals surface area contributed by atoms with Gasteiger partial charge < -0.3 is 15.4 Å². The largest absolute Gasteiger partial charge is 0.497 e. The molecular weight excluding hydrogens is 342 g/mol. The van der Waals surface area contributed by atoms with Crippen LogP contribution in [0.25, 0.3) is 0 Å². The zero-order chi connectivity index (χ0) is 19.2. The molecule has 0 saturated heterocycles. The van der Waals surface area contributed by atoms with Crippen LogP contribution in [0.15, 0.2) is 54.6 Å². The number of hydrogen-bond donors (Lipinski definition) is 2. The molecule has 3 rings (SSSR count). The first-order chi connectivity index (χ1) is 13.1. The summed E-state index contributed by atoms with van der Waals surface area (Å²) in [6, 6.07) is 17.7. The second-order valence-corrected chi connectivity index (χ2v) is 5.68. The number of nitriles is 1. The number of carbonyl (C=O) groups is 1. The third-order valence-corrected chi connectivity index (χ3v) is 3.73. The van der Waals surface area contributed by atoms with Crippen LogP contribution in [-0.2, 0) is 0 Å². The summed E-state index contributed by atoms with van der Waals surface area (Å²) in [4.78, 5) is 21.2. The molecule has 1 amide bonds. The molecule has 2 aromatic carbocycles. The fourth-order valence-corrected chi connectivity index (χ4v) is 2.42. The van der Waals surface area contributed by atoms with Gasteiger partial charge in [0.1, 0.15) is 17.5 Å². The lowest BCUT2D eigenvalue weighted by atomic mass is 10.2. The lowest BCUT2D eigenvalue weighted by molar-refractivity contribution is 0.102. The normalized spacial score (nSPS) is 9.96. The molecule has 134 valence electrons. The van der Waals surface area contributed by atoms with E-state index in [-0.39, 0.29) is 5.69 Å². The van der Waals surface area contributed by atoms with Crippen molar-refractivity contribution in [1.82, 2.24) is 9.97 Å². The van der Waals surface area contributed by atoms with Crippen molar-refractivity contribution in [3.63, 3.8) is 0 Å². The number of amides is 1. The molecule has 0 fully saturated rings. The Bertz CT molecular complexity index is 1010. The van der Waals surface area contributed by atoms with Crippen molar-refractivity contribution >= 4 is 23.2 Å². The number of rotatable bonds is 5. The monoisotopic (exact) mass is 359 g/mol. The maximum atomic E-state index is 12.6. The highest BCUT2D eigenvalue weighted by Crippen LogP contribution is 2.19. The lowest BCUT2D eigenvalue weighted by Gasteiger charge is -2.10. The second-order valence-electron chi connectivity index (χ2n) is 5.68. The Labute approximate surface area is 156 Å². The van der Waals surface area contributed by atoms with E-state index in [0.717, 1.165) is 11.4 Å². The highest BCUT2D eigenvalue weighted by Gasteiger charge is 2.13. The zero-order valence-corrected chi connectivity index (χ0v) is 14.9. The summed E-state index contributed by atoms with van der Waals surface area (Å²) in [5, 5.41) is 14.9. The number of para-hydroxylation sites is 1. The summed E-state index contributed by atoms with van der Waals surface area (Å²) < 4.78 is 5.13. The summed E-state index contributed by atoms with van der Waals surface area (Å²) in [5.74, 6) is 0.627. The van der Waals surface area contributed by atoms with Crippen molar-refractivity contribution < 1.29 is 9.53 Å². The van der Waals surface area contributed by atoms with Gasteiger partial charge in [0.25, 0.3) is 5.91 Å². The minimum Gasteiger partial charge on any atom is -0.497 e. The third-order valence-electron chi connectivity index (χ3n) is 3.73. The molecule has 7 nitrogen and oxygen atoms in total. The molecule has 0 aliphatic carbocycles. The second kappa shape index (κ2) is 7.97. The Morgan fingerprint density at radius 3 is 2.56 bits per heavy atom. The Hall–Kier alpha value is -3.92. The van der Waals surface area contributed by atoms with Crippen LogP contribution in [0, 0.1) is 18.3 Å². The van der Waals surface area contributed by atoms with Crippen molar-refractivity contribution in [3.05, 3.63) is 71.5 Å². The molecule has 0 spiro atoms. The van der Waals surface area contributed by atoms with E-state index < -0.39 is 5.91 Å². The summed E-state index contributed by atoms with van der Waals surface area (Å²) in [6.45, 7) is 1.78. The van der Waals surface area contributed by atoms with Gasteiger partial charge in [0.15, 0.2) is 0 Å². The summed E-state index contributed by atoms with van der Waals surface area (Å²) in [7, 11) is 1.60. The standard InChI is InChI=1S/C20H17N5O2/c1-13-11-18(19(26)24-17-6-4-3-5-14(17)12-21)25-20(22-13)23-15-7-9-16(27-2)10-8-15/h3-11H,1-2H3,(H,24,26)(H,22,23,25). The number of aromatic nitrogens is 2. The van der Waals surface area contributed by atoms with Crippen molar-refractivity contribution in [3.8, 4) is 11.8 Å². The molecule has 1 aromatic heterocycles. The number of carbonyl (C=O) groups excluding carboxylic acids is 1. The first-order valence-electron chi connectivity index (χ1n) is 8.16. The lowest BCUT2D eigenvalue weighted by Crippen LogP contribution is -2.16. The van der Waals surface area contributed by atoms with E-state index in [4.69, 9.17) is 10.00 Å². The maximum Gasteiger partial charge on any atom is 0.274 e. The van der Waals surface area contributed by atoms with Crippen molar-refractivity contribution in [2.75, 3.05) is 17.7 Å². The Kier molecular flexibility index (Phi) is 5.28. The van der Waals surface area contributed by atoms with Crippen LogP contribution in [-0.4, -0.2) is 23.0 Å². The molecule has 0 bridgehead atoms. The van der Waals surface area contributed by atoms with Gasteiger partial charge in [-0.15, -0.1) is 0 Å². The Morgan fingerprint density at radius 1 is 1.11 bits per heavy atom. The number of hydrogen-bond acceptors (Lipinski definition) is 6. The number of nitrogens with one attached hydrogen (secondary N) is 2. The topological polar surface area (TPSA) is 99.9 Å². The van der Waals surface area contributed by atoms with Crippen LogP contribution in [0.2, 0.25) is 0 Å². The van der Waals surface area contributed by atoms with E-state index in [0.29, 0.717) is 22.9 Å². The van der Waals surface area contributed by atoms with Crippen LogP contribution in [0.1, 0.15) is 21.7 Å². The average molecular weight is 359 g/mol. The van der Waals surface area contributed by atoms with Gasteiger partial charge in [-0.2, -0.15) is 5.26 Å². The molecular formula is C20H17N5O2. The van der Waals surface area contributed by atoms with E-state index in [1.54, 1.807) is 44.4 Å². The fraction of sp³-hybridized carbons (Fsp3) is 0.100.